The minimum atomic E-state index is 0. The third-order valence-electron chi connectivity index (χ3n) is 0. The Balaban J connectivity index is 0. The van der Waals surface area contributed by atoms with Crippen LogP contribution in [0.5, 0.6) is 0 Å². The van der Waals surface area contributed by atoms with Gasteiger partial charge in [-0.05, 0) is 0 Å². The standard InChI is InChI=1S/ClH.Na.10H2O.Sr/h1H;;10*1H2;/q;+1;;;;;;;;;;;+2/p-3. The van der Waals surface area contributed by atoms with E-state index in [0.29, 0.717) is 0 Å². The second kappa shape index (κ2) is 457. The van der Waals surface area contributed by atoms with Gasteiger partial charge < -0.3 is 67.2 Å². The van der Waals surface area contributed by atoms with E-state index in [-0.39, 0.29) is 142 Å². The van der Waals surface area contributed by atoms with Crippen molar-refractivity contribution in [3.63, 3.8) is 0 Å². The van der Waals surface area contributed by atoms with Gasteiger partial charge in [0.1, 0.15) is 0 Å². The van der Waals surface area contributed by atoms with Gasteiger partial charge in [-0.25, -0.2) is 0 Å². The molecule has 13 heteroatoms. The second-order valence-electron chi connectivity index (χ2n) is 0. The van der Waals surface area contributed by atoms with Crippen LogP contribution in [0.3, 0.4) is 0 Å². The summed E-state index contributed by atoms with van der Waals surface area (Å²) in [5.41, 5.74) is 0. The molecule has 0 unspecified atom stereocenters. The molecule has 0 radical (unpaired) electrons. The van der Waals surface area contributed by atoms with E-state index in [9.17, 15) is 0 Å². The van der Waals surface area contributed by atoms with E-state index < -0.39 is 0 Å². The molecule has 0 saturated heterocycles. The van der Waals surface area contributed by atoms with E-state index in [1.54, 1.807) is 0 Å². The van der Waals surface area contributed by atoms with Crippen molar-refractivity contribution >= 4 is 45.5 Å². The maximum Gasteiger partial charge on any atom is 2.00 e. The molecule has 0 aromatic rings. The van der Waals surface area contributed by atoms with Gasteiger partial charge in [-0.15, -0.1) is 0 Å². The predicted octanol–water partition coefficient (Wildman–Crippen LogP) is -13.3. The maximum absolute atomic E-state index is 0. The van der Waals surface area contributed by atoms with Crippen LogP contribution in [0.25, 0.3) is 0 Å². The van der Waals surface area contributed by atoms with Crippen molar-refractivity contribution in [3.8, 4) is 0 Å². The van der Waals surface area contributed by atoms with Crippen molar-refractivity contribution in [2.45, 2.75) is 0 Å². The van der Waals surface area contributed by atoms with Crippen LogP contribution in [0.15, 0.2) is 0 Å². The summed E-state index contributed by atoms with van der Waals surface area (Å²) in [5.74, 6) is 0. The summed E-state index contributed by atoms with van der Waals surface area (Å²) in [6, 6.07) is 0. The summed E-state index contributed by atoms with van der Waals surface area (Å²) in [7, 11) is 0. The minimum absolute atomic E-state index is 0. The smallest absolute Gasteiger partial charge is 1.00 e. The SMILES string of the molecule is O.O.O.O.O.O.O.O.[Cl-].[Na+].[OH-].[OH-].[Sr+2]. The largest absolute Gasteiger partial charge is 2.00 e. The normalized spacial score (nSPS) is 0. The molecule has 0 aromatic carbocycles. The third-order valence-corrected chi connectivity index (χ3v) is 0. The van der Waals surface area contributed by atoms with Gasteiger partial charge in [-0.3, -0.25) is 0 Å². The Morgan fingerprint density at radius 2 is 0.385 bits per heavy atom. The molecule has 13 heavy (non-hydrogen) atoms. The second-order valence-corrected chi connectivity index (χ2v) is 0. The molecular weight excluding hydrogens is 306 g/mol. The summed E-state index contributed by atoms with van der Waals surface area (Å²) in [6.07, 6.45) is 0. The van der Waals surface area contributed by atoms with Crippen molar-refractivity contribution in [3.05, 3.63) is 0 Å². The first-order valence-electron chi connectivity index (χ1n) is 0. The van der Waals surface area contributed by atoms with Gasteiger partial charge in [0, 0.05) is 0 Å². The van der Waals surface area contributed by atoms with Crippen molar-refractivity contribution < 1.29 is 96.7 Å². The van der Waals surface area contributed by atoms with Crippen LogP contribution in [-0.2, 0) is 0 Å². The summed E-state index contributed by atoms with van der Waals surface area (Å²) >= 11 is 0. The minimum Gasteiger partial charge on any atom is -1.00 e. The predicted molar refractivity (Wildman–Crippen MR) is 38.5 cm³/mol. The van der Waals surface area contributed by atoms with Crippen LogP contribution in [0.1, 0.15) is 0 Å². The average molecular weight is 324 g/mol. The molecule has 0 aliphatic rings. The van der Waals surface area contributed by atoms with Crippen LogP contribution in [-0.4, -0.2) is 100 Å². The molecule has 18 N–H and O–H groups in total. The maximum atomic E-state index is 0. The van der Waals surface area contributed by atoms with Gasteiger partial charge in [0.05, 0.1) is 0 Å². The monoisotopic (exact) mass is 324 g/mol. The Hall–Kier alpha value is 2.37. The van der Waals surface area contributed by atoms with Gasteiger partial charge in [-0.1, -0.05) is 0 Å². The van der Waals surface area contributed by atoms with Gasteiger partial charge in [0.25, 0.3) is 0 Å². The zero-order valence-corrected chi connectivity index (χ0v) is 13.2. The molecule has 0 saturated carbocycles. The summed E-state index contributed by atoms with van der Waals surface area (Å²) in [6.45, 7) is 0. The Kier molecular flexibility index (Phi) is 19900. The van der Waals surface area contributed by atoms with Crippen molar-refractivity contribution in [2.75, 3.05) is 0 Å². The van der Waals surface area contributed by atoms with Crippen LogP contribution in [0.2, 0.25) is 0 Å². The molecule has 0 fully saturated rings. The first kappa shape index (κ1) is 565. The fourth-order valence-electron chi connectivity index (χ4n) is 0. The van der Waals surface area contributed by atoms with E-state index in [4.69, 9.17) is 0 Å². The number of halogens is 1. The zero-order valence-electron chi connectivity index (χ0n) is 6.98. The Bertz CT molecular complexity index is 14.9. The van der Waals surface area contributed by atoms with Gasteiger partial charge in [0.15, 0.2) is 0 Å². The van der Waals surface area contributed by atoms with Crippen LogP contribution in [0, 0.1) is 0 Å². The molecule has 0 bridgehead atoms. The van der Waals surface area contributed by atoms with Crippen LogP contribution < -0.4 is 42.0 Å². The average Bonchev–Trinajstić information content (AvgIpc) is 0. The number of hydrogen-bond acceptors (Lipinski definition) is 2. The van der Waals surface area contributed by atoms with Crippen LogP contribution >= 0.6 is 0 Å². The summed E-state index contributed by atoms with van der Waals surface area (Å²) in [4.78, 5) is 0. The summed E-state index contributed by atoms with van der Waals surface area (Å²) < 4.78 is 0. The third kappa shape index (κ3) is 391. The number of hydrogen-bond donors (Lipinski definition) is 0. The molecule has 0 amide bonds. The molecule has 0 atom stereocenters. The van der Waals surface area contributed by atoms with E-state index in [0.717, 1.165) is 0 Å². The van der Waals surface area contributed by atoms with Crippen molar-refractivity contribution in [1.82, 2.24) is 0 Å². The first-order valence-corrected chi connectivity index (χ1v) is 0. The Morgan fingerprint density at radius 1 is 0.385 bits per heavy atom. The molecule has 0 rings (SSSR count). The van der Waals surface area contributed by atoms with E-state index in [1.165, 1.54) is 0 Å². The van der Waals surface area contributed by atoms with E-state index in [2.05, 4.69) is 0 Å². The molecule has 0 aliphatic carbocycles. The molecule has 0 spiro atoms. The van der Waals surface area contributed by atoms with Gasteiger partial charge >= 0.3 is 75.0 Å². The van der Waals surface area contributed by atoms with Gasteiger partial charge in [-0.2, -0.15) is 0 Å². The zero-order chi connectivity index (χ0) is 0. The Morgan fingerprint density at radius 3 is 0.385 bits per heavy atom. The first-order chi connectivity index (χ1) is 0. The van der Waals surface area contributed by atoms with Crippen molar-refractivity contribution in [1.29, 1.82) is 0 Å². The van der Waals surface area contributed by atoms with E-state index >= 15 is 0 Å². The van der Waals surface area contributed by atoms with Crippen molar-refractivity contribution in [2.24, 2.45) is 0 Å². The fraction of sp³-hybridized carbons (Fsp3) is 0. The topological polar surface area (TPSA) is 312 Å². The van der Waals surface area contributed by atoms with Gasteiger partial charge in [0.2, 0.25) is 0 Å². The van der Waals surface area contributed by atoms with Crippen LogP contribution in [0.4, 0.5) is 0 Å². The molecular formula is H18ClNaO10Sr. The molecule has 0 aliphatic heterocycles. The molecule has 0 heterocycles. The molecule has 88 valence electrons. The fourth-order valence-corrected chi connectivity index (χ4v) is 0. The Labute approximate surface area is 140 Å². The number of rotatable bonds is 0. The van der Waals surface area contributed by atoms with E-state index in [1.807, 2.05) is 0 Å². The molecule has 10 nitrogen and oxygen atoms in total. The summed E-state index contributed by atoms with van der Waals surface area (Å²) in [5, 5.41) is 0. The molecule has 0 aromatic heterocycles. The quantitative estimate of drug-likeness (QED) is 0.391.